The van der Waals surface area contributed by atoms with Crippen LogP contribution in [0.4, 0.5) is 34.1 Å². The molecule has 0 N–H and O–H groups in total. The van der Waals surface area contributed by atoms with Gasteiger partial charge in [-0.05, 0) is 120 Å². The molecule has 9 rings (SSSR count). The van der Waals surface area contributed by atoms with Crippen LogP contribution in [0.25, 0.3) is 22.3 Å². The van der Waals surface area contributed by atoms with Crippen molar-refractivity contribution in [2.45, 2.75) is 112 Å². The Hall–Kier alpha value is -5.80. The number of hydrogen-bond acceptors (Lipinski definition) is 2. The normalized spacial score (nSPS) is 13.8. The van der Waals surface area contributed by atoms with Gasteiger partial charge in [0.15, 0.2) is 0 Å². The predicted molar refractivity (Wildman–Crippen MR) is 271 cm³/mol. The van der Waals surface area contributed by atoms with Crippen molar-refractivity contribution in [2.75, 3.05) is 9.80 Å². The number of hydrogen-bond donors (Lipinski definition) is 0. The standard InChI is InChI=1S/C59H63BN2/c1-38-31-52-54-53(32-38)62(55-46(39-21-16-14-17-22-39)25-20-26-47(55)40-23-18-15-19-24-40)51-37-42(57(5,6)7)28-30-49(51)60(54)48-29-27-41(56(2,3)4)36-50(48)61(52)45-34-43(58(8,9)10)33-44(35-45)59(11,12)13/h14-37H,1-13H3. The summed E-state index contributed by atoms with van der Waals surface area (Å²) in [5, 5.41) is 0. The topological polar surface area (TPSA) is 6.48 Å². The second-order valence-electron chi connectivity index (χ2n) is 22.1. The van der Waals surface area contributed by atoms with Gasteiger partial charge in [0.1, 0.15) is 0 Å². The molecule has 0 spiro atoms. The first-order chi connectivity index (χ1) is 29.2. The number of nitrogens with zero attached hydrogens (tertiary/aromatic N) is 2. The molecule has 0 atom stereocenters. The van der Waals surface area contributed by atoms with Crippen molar-refractivity contribution >= 4 is 57.2 Å². The van der Waals surface area contributed by atoms with Crippen LogP contribution in [0.1, 0.15) is 111 Å². The Bertz CT molecular complexity index is 2750. The van der Waals surface area contributed by atoms with Gasteiger partial charge in [-0.1, -0.05) is 192 Å². The molecule has 0 saturated heterocycles. The molecule has 7 aromatic rings. The molecule has 2 heterocycles. The number of para-hydroxylation sites is 1. The molecule has 3 heteroatoms. The minimum Gasteiger partial charge on any atom is -0.311 e. The lowest BCUT2D eigenvalue weighted by atomic mass is 9.33. The van der Waals surface area contributed by atoms with Crippen LogP contribution in [0.15, 0.2) is 146 Å². The van der Waals surface area contributed by atoms with E-state index in [4.69, 9.17) is 0 Å². The van der Waals surface area contributed by atoms with E-state index >= 15 is 0 Å². The fraction of sp³-hybridized carbons (Fsp3) is 0.288. The van der Waals surface area contributed by atoms with E-state index in [9.17, 15) is 0 Å². The number of rotatable bonds is 4. The Morgan fingerprint density at radius 1 is 0.371 bits per heavy atom. The fourth-order valence-corrected chi connectivity index (χ4v) is 9.67. The van der Waals surface area contributed by atoms with Gasteiger partial charge in [-0.25, -0.2) is 0 Å². The maximum atomic E-state index is 2.65. The average Bonchev–Trinajstić information content (AvgIpc) is 3.22. The molecule has 7 aromatic carbocycles. The molecule has 62 heavy (non-hydrogen) atoms. The summed E-state index contributed by atoms with van der Waals surface area (Å²) in [6.07, 6.45) is 0. The van der Waals surface area contributed by atoms with Crippen LogP contribution >= 0.6 is 0 Å². The number of fused-ring (bicyclic) bond motifs is 4. The quantitative estimate of drug-likeness (QED) is 0.163. The van der Waals surface area contributed by atoms with Crippen molar-refractivity contribution in [1.82, 2.24) is 0 Å². The highest BCUT2D eigenvalue weighted by Gasteiger charge is 2.45. The summed E-state index contributed by atoms with van der Waals surface area (Å²) >= 11 is 0. The van der Waals surface area contributed by atoms with Gasteiger partial charge < -0.3 is 9.80 Å². The maximum absolute atomic E-state index is 2.65. The van der Waals surface area contributed by atoms with Crippen LogP contribution in [-0.2, 0) is 21.7 Å². The summed E-state index contributed by atoms with van der Waals surface area (Å²) in [6.45, 7) is 30.4. The molecule has 0 aliphatic carbocycles. The van der Waals surface area contributed by atoms with Crippen LogP contribution in [0, 0.1) is 6.92 Å². The number of aryl methyl sites for hydroxylation is 1. The molecule has 312 valence electrons. The number of benzene rings is 7. The Morgan fingerprint density at radius 3 is 1.23 bits per heavy atom. The summed E-state index contributed by atoms with van der Waals surface area (Å²) in [5.74, 6) is 0. The van der Waals surface area contributed by atoms with Crippen molar-refractivity contribution in [3.05, 3.63) is 173 Å². The van der Waals surface area contributed by atoms with E-state index in [2.05, 4.69) is 245 Å². The smallest absolute Gasteiger partial charge is 0.252 e. The zero-order valence-corrected chi connectivity index (χ0v) is 39.3. The summed E-state index contributed by atoms with van der Waals surface area (Å²) in [5.41, 5.74) is 22.7. The lowest BCUT2D eigenvalue weighted by Gasteiger charge is -2.46. The maximum Gasteiger partial charge on any atom is 0.252 e. The largest absolute Gasteiger partial charge is 0.311 e. The van der Waals surface area contributed by atoms with E-state index in [0.29, 0.717) is 0 Å². The van der Waals surface area contributed by atoms with E-state index in [1.807, 2.05) is 0 Å². The Kier molecular flexibility index (Phi) is 9.82. The SMILES string of the molecule is Cc1cc2c3c(c1)N(c1c(-c4ccccc4)cccc1-c1ccccc1)c1cc(C(C)(C)C)ccc1B3c1ccc(C(C)(C)C)cc1N2c1cc(C(C)(C)C)cc(C(C)(C)C)c1. The molecular weight excluding hydrogens is 747 g/mol. The Labute approximate surface area is 372 Å². The molecule has 0 bridgehead atoms. The second-order valence-corrected chi connectivity index (χ2v) is 22.1. The van der Waals surface area contributed by atoms with Gasteiger partial charge in [-0.3, -0.25) is 0 Å². The lowest BCUT2D eigenvalue weighted by molar-refractivity contribution is 0.569. The van der Waals surface area contributed by atoms with Crippen LogP contribution in [0.3, 0.4) is 0 Å². The van der Waals surface area contributed by atoms with Gasteiger partial charge in [0.2, 0.25) is 0 Å². The molecule has 2 nitrogen and oxygen atoms in total. The summed E-state index contributed by atoms with van der Waals surface area (Å²) in [6, 6.07) is 55.9. The Balaban J connectivity index is 1.45. The molecule has 0 amide bonds. The van der Waals surface area contributed by atoms with Crippen molar-refractivity contribution < 1.29 is 0 Å². The molecule has 0 radical (unpaired) electrons. The molecule has 2 aliphatic rings. The Morgan fingerprint density at radius 2 is 0.790 bits per heavy atom. The zero-order valence-electron chi connectivity index (χ0n) is 39.3. The fourth-order valence-electron chi connectivity index (χ4n) is 9.67. The molecule has 2 aliphatic heterocycles. The van der Waals surface area contributed by atoms with Gasteiger partial charge >= 0.3 is 0 Å². The van der Waals surface area contributed by atoms with E-state index in [-0.39, 0.29) is 28.4 Å². The second kappa shape index (κ2) is 14.7. The average molecular weight is 811 g/mol. The van der Waals surface area contributed by atoms with E-state index in [0.717, 1.165) is 0 Å². The van der Waals surface area contributed by atoms with Crippen LogP contribution < -0.4 is 26.2 Å². The molecule has 0 fully saturated rings. The highest BCUT2D eigenvalue weighted by atomic mass is 15.2. The van der Waals surface area contributed by atoms with E-state index < -0.39 is 0 Å². The van der Waals surface area contributed by atoms with Gasteiger partial charge in [-0.2, -0.15) is 0 Å². The first-order valence-electron chi connectivity index (χ1n) is 22.6. The van der Waals surface area contributed by atoms with Crippen LogP contribution in [-0.4, -0.2) is 6.71 Å². The van der Waals surface area contributed by atoms with E-state index in [1.165, 1.54) is 101 Å². The van der Waals surface area contributed by atoms with Crippen molar-refractivity contribution in [3.63, 3.8) is 0 Å². The lowest BCUT2D eigenvalue weighted by Crippen LogP contribution is -2.61. The molecule has 0 unspecified atom stereocenters. The molecule has 0 saturated carbocycles. The zero-order chi connectivity index (χ0) is 44.1. The summed E-state index contributed by atoms with van der Waals surface area (Å²) in [4.78, 5) is 5.28. The molecule has 0 aromatic heterocycles. The first kappa shape index (κ1) is 41.6. The molecular formula is C59H63BN2. The van der Waals surface area contributed by atoms with Crippen LogP contribution in [0.5, 0.6) is 0 Å². The third kappa shape index (κ3) is 7.18. The predicted octanol–water partition coefficient (Wildman–Crippen LogP) is 14.6. The summed E-state index contributed by atoms with van der Waals surface area (Å²) in [7, 11) is 0. The van der Waals surface area contributed by atoms with Gasteiger partial charge in [-0.15, -0.1) is 0 Å². The van der Waals surface area contributed by atoms with Gasteiger partial charge in [0.25, 0.3) is 6.71 Å². The number of anilines is 6. The van der Waals surface area contributed by atoms with Crippen molar-refractivity contribution in [3.8, 4) is 22.3 Å². The van der Waals surface area contributed by atoms with E-state index in [1.54, 1.807) is 0 Å². The van der Waals surface area contributed by atoms with Crippen molar-refractivity contribution in [1.29, 1.82) is 0 Å². The highest BCUT2D eigenvalue weighted by molar-refractivity contribution is 7.00. The third-order valence-electron chi connectivity index (χ3n) is 13.3. The first-order valence-corrected chi connectivity index (χ1v) is 22.6. The van der Waals surface area contributed by atoms with Gasteiger partial charge in [0.05, 0.1) is 5.69 Å². The van der Waals surface area contributed by atoms with Gasteiger partial charge in [0, 0.05) is 39.6 Å². The third-order valence-corrected chi connectivity index (χ3v) is 13.3. The van der Waals surface area contributed by atoms with Crippen molar-refractivity contribution in [2.24, 2.45) is 0 Å². The monoisotopic (exact) mass is 811 g/mol. The summed E-state index contributed by atoms with van der Waals surface area (Å²) < 4.78 is 0. The minimum atomic E-state index is -0.0499. The van der Waals surface area contributed by atoms with Crippen LogP contribution in [0.2, 0.25) is 0 Å². The highest BCUT2D eigenvalue weighted by Crippen LogP contribution is 2.51. The minimum absolute atomic E-state index is 0.0260.